The van der Waals surface area contributed by atoms with Gasteiger partial charge in [0.25, 0.3) is 15.0 Å². The molecule has 2 saturated heterocycles. The SMILES string of the molecule is BP(=O)(OP(=O)(O)CP(=O)(O)OCC1O[C@@H](n2cnc3c(N)ncnc32)C[C@H]1O)OP(=O)(O)CP(=O)(O)OC[C@H]1OCC(n2cnc3c(N)ncnc32)C1O. The molecular formula is C22H34BN10O17P5. The molecule has 11 atom stereocenters. The van der Waals surface area contributed by atoms with Crippen LogP contribution >= 0.6 is 37.9 Å². The van der Waals surface area contributed by atoms with Gasteiger partial charge in [0.15, 0.2) is 34.7 Å². The van der Waals surface area contributed by atoms with Gasteiger partial charge in [0, 0.05) is 6.42 Å². The third kappa shape index (κ3) is 9.94. The van der Waals surface area contributed by atoms with E-state index in [0.717, 1.165) is 0 Å². The molecular weight excluding hydrogens is 842 g/mol. The van der Waals surface area contributed by atoms with Crippen molar-refractivity contribution in [1.82, 2.24) is 39.0 Å². The molecule has 10 N–H and O–H groups in total. The van der Waals surface area contributed by atoms with E-state index in [9.17, 15) is 52.6 Å². The molecule has 4 aromatic heterocycles. The zero-order chi connectivity index (χ0) is 40.1. The number of nitrogen functional groups attached to an aromatic ring is 2. The molecule has 2 aliphatic rings. The van der Waals surface area contributed by atoms with Crippen molar-refractivity contribution in [2.24, 2.45) is 0 Å². The summed E-state index contributed by atoms with van der Waals surface area (Å²) < 4.78 is 96.5. The van der Waals surface area contributed by atoms with Gasteiger partial charge in [0.05, 0.1) is 44.6 Å². The molecule has 0 saturated carbocycles. The van der Waals surface area contributed by atoms with Crippen LogP contribution in [-0.2, 0) is 50.0 Å². The first-order valence-corrected chi connectivity index (χ1v) is 24.6. The highest BCUT2D eigenvalue weighted by Crippen LogP contribution is 2.72. The third-order valence-electron chi connectivity index (χ3n) is 8.05. The fourth-order valence-electron chi connectivity index (χ4n) is 5.73. The van der Waals surface area contributed by atoms with Crippen LogP contribution in [0.1, 0.15) is 18.7 Å². The van der Waals surface area contributed by atoms with E-state index >= 15 is 0 Å². The summed E-state index contributed by atoms with van der Waals surface area (Å²) in [7, 11) is -25.7. The van der Waals surface area contributed by atoms with Crippen LogP contribution in [0.15, 0.2) is 25.3 Å². The van der Waals surface area contributed by atoms with Gasteiger partial charge in [0.2, 0.25) is 0 Å². The summed E-state index contributed by atoms with van der Waals surface area (Å²) in [5.41, 5.74) is 12.6. The van der Waals surface area contributed by atoms with E-state index in [1.54, 1.807) is 0 Å². The number of nitrogens with zero attached hydrogens (tertiary/aromatic N) is 8. The first kappa shape index (κ1) is 42.1. The Balaban J connectivity index is 0.981. The molecule has 0 radical (unpaired) electrons. The maximum absolute atomic E-state index is 12.9. The molecule has 2 aliphatic heterocycles. The van der Waals surface area contributed by atoms with E-state index in [2.05, 4.69) is 38.5 Å². The molecule has 0 spiro atoms. The quantitative estimate of drug-likeness (QED) is 0.0507. The average molecular weight is 876 g/mol. The highest BCUT2D eigenvalue weighted by Gasteiger charge is 2.46. The van der Waals surface area contributed by atoms with Gasteiger partial charge < -0.3 is 64.3 Å². The highest BCUT2D eigenvalue weighted by atomic mass is 31.3. The molecule has 27 nitrogen and oxygen atoms in total. The van der Waals surface area contributed by atoms with E-state index < -0.39 is 99.6 Å². The lowest BCUT2D eigenvalue weighted by Gasteiger charge is -2.24. The summed E-state index contributed by atoms with van der Waals surface area (Å²) in [6.07, 6.45) is -0.932. The van der Waals surface area contributed by atoms with E-state index in [-0.39, 0.29) is 47.0 Å². The van der Waals surface area contributed by atoms with Crippen molar-refractivity contribution in [3.8, 4) is 0 Å². The zero-order valence-electron chi connectivity index (χ0n) is 28.2. The molecule has 0 bridgehead atoms. The maximum atomic E-state index is 12.9. The average Bonchev–Trinajstić information content (AvgIpc) is 3.82. The van der Waals surface area contributed by atoms with Crippen molar-refractivity contribution in [1.29, 1.82) is 0 Å². The van der Waals surface area contributed by atoms with E-state index in [1.165, 1.54) is 34.4 Å². The van der Waals surface area contributed by atoms with Crippen LogP contribution in [0, 0.1) is 0 Å². The van der Waals surface area contributed by atoms with Gasteiger partial charge in [-0.05, 0) is 0 Å². The number of aliphatic hydroxyl groups is 2. The summed E-state index contributed by atoms with van der Waals surface area (Å²) in [5, 5.41) is 21.3. The number of imidazole rings is 2. The monoisotopic (exact) mass is 876 g/mol. The second kappa shape index (κ2) is 15.6. The first-order chi connectivity index (χ1) is 25.5. The Morgan fingerprint density at radius 1 is 0.745 bits per heavy atom. The number of nitrogens with two attached hydrogens (primary N) is 2. The summed E-state index contributed by atoms with van der Waals surface area (Å²) >= 11 is 0. The highest BCUT2D eigenvalue weighted by molar-refractivity contribution is 7.89. The lowest BCUT2D eigenvalue weighted by atomic mass is 10.1. The Labute approximate surface area is 309 Å². The second-order valence-corrected chi connectivity index (χ2v) is 23.1. The second-order valence-electron chi connectivity index (χ2n) is 12.4. The zero-order valence-corrected chi connectivity index (χ0v) is 32.6. The summed E-state index contributed by atoms with van der Waals surface area (Å²) in [5.74, 6) is -3.22. The van der Waals surface area contributed by atoms with E-state index in [0.29, 0.717) is 7.57 Å². The Bertz CT molecular complexity index is 2260. The van der Waals surface area contributed by atoms with Gasteiger partial charge in [-0.2, -0.15) is 0 Å². The number of aromatic nitrogens is 8. The van der Waals surface area contributed by atoms with Crippen LogP contribution in [0.5, 0.6) is 0 Å². The summed E-state index contributed by atoms with van der Waals surface area (Å²) in [4.78, 5) is 65.0. The minimum atomic E-state index is -5.44. The number of hydrogen-bond acceptors (Lipinski definition) is 21. The van der Waals surface area contributed by atoms with Crippen molar-refractivity contribution in [2.75, 3.05) is 43.1 Å². The summed E-state index contributed by atoms with van der Waals surface area (Å²) in [6.45, 7) is -1.68. The normalized spacial score (nSPS) is 28.7. The van der Waals surface area contributed by atoms with Gasteiger partial charge >= 0.3 is 30.4 Å². The van der Waals surface area contributed by atoms with Crippen molar-refractivity contribution in [2.45, 2.75) is 43.1 Å². The molecule has 8 unspecified atom stereocenters. The molecule has 55 heavy (non-hydrogen) atoms. The first-order valence-electron chi connectivity index (χ1n) is 15.6. The molecule has 0 aromatic carbocycles. The predicted molar refractivity (Wildman–Crippen MR) is 188 cm³/mol. The molecule has 6 rings (SSSR count). The molecule has 2 fully saturated rings. The van der Waals surface area contributed by atoms with Gasteiger partial charge in [-0.15, -0.1) is 0 Å². The number of ether oxygens (including phenoxy) is 2. The predicted octanol–water partition coefficient (Wildman–Crippen LogP) is -0.756. The Morgan fingerprint density at radius 2 is 1.24 bits per heavy atom. The molecule has 33 heteroatoms. The number of hydrogen-bond donors (Lipinski definition) is 8. The van der Waals surface area contributed by atoms with Gasteiger partial charge in [0.1, 0.15) is 48.2 Å². The number of rotatable bonds is 16. The lowest BCUT2D eigenvalue weighted by Crippen LogP contribution is -2.31. The summed E-state index contributed by atoms with van der Waals surface area (Å²) in [6, 6.07) is -0.796. The number of aliphatic hydroxyl groups excluding tert-OH is 2. The minimum Gasteiger partial charge on any atom is -0.390 e. The number of anilines is 2. The maximum Gasteiger partial charge on any atom is 0.346 e. The van der Waals surface area contributed by atoms with E-state index in [4.69, 9.17) is 30.0 Å². The van der Waals surface area contributed by atoms with Crippen LogP contribution in [0.2, 0.25) is 0 Å². The van der Waals surface area contributed by atoms with Crippen molar-refractivity contribution >= 4 is 79.4 Å². The van der Waals surface area contributed by atoms with Gasteiger partial charge in [-0.3, -0.25) is 27.4 Å². The largest absolute Gasteiger partial charge is 0.390 e. The molecule has 302 valence electrons. The van der Waals surface area contributed by atoms with Crippen LogP contribution in [0.4, 0.5) is 11.6 Å². The standard InChI is InChI=1S/C22H34BN10O17P5/c23-55(44,49-53(40,41)9-51(36,37)46-3-13-12(34)1-15(48-13)33-8-31-17-20(25)27-6-29-22(17)33)50-54(42,43)10-52(38,39)47-4-14-18(35)11(2-45-14)32-7-30-16-19(24)26-5-28-21(16)32/h5-8,11-15,18,34-35H,1-4,9-10,23H2,(H,36,37)(H,38,39)(H,40,41)(H,42,43)(H2,24,26,28)(H2,25,27,29)/t11?,12-,13?,14-,15-,18?,55?/m1/s1. The van der Waals surface area contributed by atoms with Crippen LogP contribution in [0.3, 0.4) is 0 Å². The lowest BCUT2D eigenvalue weighted by molar-refractivity contribution is -0.0395. The fraction of sp³-hybridized carbons (Fsp3) is 0.545. The van der Waals surface area contributed by atoms with Gasteiger partial charge in [-0.1, -0.05) is 0 Å². The third-order valence-corrected chi connectivity index (χ3v) is 19.3. The minimum absolute atomic E-state index is 0.0444. The molecule has 4 aromatic rings. The van der Waals surface area contributed by atoms with Crippen molar-refractivity contribution < 1.29 is 79.8 Å². The Kier molecular flexibility index (Phi) is 12.0. The molecule has 0 amide bonds. The van der Waals surface area contributed by atoms with Gasteiger partial charge in [-0.25, -0.2) is 38.5 Å². The van der Waals surface area contributed by atoms with Crippen LogP contribution in [-0.4, -0.2) is 132 Å². The molecule has 6 heterocycles. The fourth-order valence-corrected chi connectivity index (χ4v) is 16.2. The molecule has 0 aliphatic carbocycles. The van der Waals surface area contributed by atoms with Crippen molar-refractivity contribution in [3.63, 3.8) is 0 Å². The topological polar surface area (TPSA) is 401 Å². The van der Waals surface area contributed by atoms with Crippen LogP contribution < -0.4 is 11.5 Å². The van der Waals surface area contributed by atoms with Crippen LogP contribution in [0.25, 0.3) is 22.3 Å². The van der Waals surface area contributed by atoms with E-state index in [1.807, 2.05) is 0 Å². The smallest absolute Gasteiger partial charge is 0.346 e. The number of fused-ring (bicyclic) bond motifs is 2. The Hall–Kier alpha value is -2.57. The van der Waals surface area contributed by atoms with Crippen molar-refractivity contribution in [3.05, 3.63) is 25.3 Å². The Morgan fingerprint density at radius 3 is 1.78 bits per heavy atom.